The number of anilines is 1. The van der Waals surface area contributed by atoms with Gasteiger partial charge in [0.1, 0.15) is 0 Å². The van der Waals surface area contributed by atoms with E-state index in [0.29, 0.717) is 0 Å². The van der Waals surface area contributed by atoms with Crippen LogP contribution in [0.25, 0.3) is 0 Å². The van der Waals surface area contributed by atoms with Gasteiger partial charge in [0.25, 0.3) is 0 Å². The molecule has 4 nitrogen and oxygen atoms in total. The number of aryl methyl sites for hydroxylation is 2. The van der Waals surface area contributed by atoms with Crippen LogP contribution in [0.3, 0.4) is 0 Å². The van der Waals surface area contributed by atoms with E-state index in [2.05, 4.69) is 19.9 Å². The third kappa shape index (κ3) is 2.18. The molecular formula is C10H14N4S. The Morgan fingerprint density at radius 2 is 2.27 bits per heavy atom. The second-order valence-electron chi connectivity index (χ2n) is 3.43. The first-order chi connectivity index (χ1) is 7.19. The standard InChI is InChI=1S/C10H14N4S/c1-7-5-14(10(11-3)13-7)6-9-4-12-8(2)15-9/h4-5H,6H2,1-3H3,(H,11,13). The first kappa shape index (κ1) is 10.2. The molecule has 0 saturated carbocycles. The Bertz CT molecular complexity index is 458. The predicted octanol–water partition coefficient (Wildman–Crippen LogP) is 2.05. The summed E-state index contributed by atoms with van der Waals surface area (Å²) < 4.78 is 2.10. The van der Waals surface area contributed by atoms with Crippen LogP contribution in [0.5, 0.6) is 0 Å². The fraction of sp³-hybridized carbons (Fsp3) is 0.400. The molecule has 0 amide bonds. The predicted molar refractivity (Wildman–Crippen MR) is 62.5 cm³/mol. The molecule has 0 saturated heterocycles. The minimum absolute atomic E-state index is 0.836. The van der Waals surface area contributed by atoms with E-state index >= 15 is 0 Å². The van der Waals surface area contributed by atoms with Crippen LogP contribution in [0.2, 0.25) is 0 Å². The van der Waals surface area contributed by atoms with Crippen molar-refractivity contribution < 1.29 is 0 Å². The Morgan fingerprint density at radius 3 is 2.87 bits per heavy atom. The number of hydrogen-bond donors (Lipinski definition) is 1. The third-order valence-corrected chi connectivity index (χ3v) is 3.01. The van der Waals surface area contributed by atoms with Crippen LogP contribution in [0.4, 0.5) is 5.95 Å². The molecule has 0 fully saturated rings. The van der Waals surface area contributed by atoms with E-state index in [-0.39, 0.29) is 0 Å². The lowest BCUT2D eigenvalue weighted by atomic mass is 10.5. The Kier molecular flexibility index (Phi) is 2.73. The highest BCUT2D eigenvalue weighted by molar-refractivity contribution is 7.11. The van der Waals surface area contributed by atoms with Gasteiger partial charge < -0.3 is 9.88 Å². The van der Waals surface area contributed by atoms with Crippen LogP contribution in [-0.4, -0.2) is 21.6 Å². The molecule has 0 aliphatic carbocycles. The fourth-order valence-corrected chi connectivity index (χ4v) is 2.31. The molecule has 2 aromatic rings. The zero-order chi connectivity index (χ0) is 10.8. The third-order valence-electron chi connectivity index (χ3n) is 2.12. The van der Waals surface area contributed by atoms with Gasteiger partial charge in [-0.15, -0.1) is 11.3 Å². The second-order valence-corrected chi connectivity index (χ2v) is 4.75. The van der Waals surface area contributed by atoms with Gasteiger partial charge in [0.2, 0.25) is 5.95 Å². The molecule has 0 spiro atoms. The summed E-state index contributed by atoms with van der Waals surface area (Å²) in [6.07, 6.45) is 3.97. The molecule has 0 bridgehead atoms. The summed E-state index contributed by atoms with van der Waals surface area (Å²) in [5.41, 5.74) is 1.03. The highest BCUT2D eigenvalue weighted by Crippen LogP contribution is 2.16. The van der Waals surface area contributed by atoms with Gasteiger partial charge in [-0.1, -0.05) is 0 Å². The van der Waals surface area contributed by atoms with Crippen molar-refractivity contribution in [3.05, 3.63) is 28.0 Å². The van der Waals surface area contributed by atoms with Crippen molar-refractivity contribution in [3.63, 3.8) is 0 Å². The van der Waals surface area contributed by atoms with Gasteiger partial charge in [-0.05, 0) is 13.8 Å². The number of hydrogen-bond acceptors (Lipinski definition) is 4. The zero-order valence-corrected chi connectivity index (χ0v) is 9.93. The smallest absolute Gasteiger partial charge is 0.203 e. The number of aromatic nitrogens is 3. The molecule has 0 aliphatic rings. The number of nitrogens with one attached hydrogen (secondary N) is 1. The maximum Gasteiger partial charge on any atom is 0.203 e. The van der Waals surface area contributed by atoms with Crippen LogP contribution in [0.15, 0.2) is 12.4 Å². The Hall–Kier alpha value is -1.36. The highest BCUT2D eigenvalue weighted by atomic mass is 32.1. The highest BCUT2D eigenvalue weighted by Gasteiger charge is 2.05. The minimum Gasteiger partial charge on any atom is -0.359 e. The van der Waals surface area contributed by atoms with Crippen molar-refractivity contribution in [2.24, 2.45) is 0 Å². The first-order valence-corrected chi connectivity index (χ1v) is 5.63. The Balaban J connectivity index is 2.23. The van der Waals surface area contributed by atoms with E-state index in [9.17, 15) is 0 Å². The SMILES string of the molecule is CNc1nc(C)cn1Cc1cnc(C)s1. The molecule has 15 heavy (non-hydrogen) atoms. The van der Waals surface area contributed by atoms with E-state index in [4.69, 9.17) is 0 Å². The molecule has 0 aliphatic heterocycles. The Morgan fingerprint density at radius 1 is 1.47 bits per heavy atom. The van der Waals surface area contributed by atoms with E-state index in [1.54, 1.807) is 11.3 Å². The number of nitrogens with zero attached hydrogens (tertiary/aromatic N) is 3. The minimum atomic E-state index is 0.836. The normalized spacial score (nSPS) is 10.6. The van der Waals surface area contributed by atoms with Crippen molar-refractivity contribution in [1.29, 1.82) is 0 Å². The molecule has 0 unspecified atom stereocenters. The summed E-state index contributed by atoms with van der Waals surface area (Å²) in [6, 6.07) is 0. The summed E-state index contributed by atoms with van der Waals surface area (Å²) in [6.45, 7) is 4.85. The summed E-state index contributed by atoms with van der Waals surface area (Å²) >= 11 is 1.72. The number of imidazole rings is 1. The fourth-order valence-electron chi connectivity index (χ4n) is 1.51. The quantitative estimate of drug-likeness (QED) is 0.864. The summed E-state index contributed by atoms with van der Waals surface area (Å²) in [5.74, 6) is 0.901. The lowest BCUT2D eigenvalue weighted by molar-refractivity contribution is 0.815. The van der Waals surface area contributed by atoms with Gasteiger partial charge >= 0.3 is 0 Å². The molecule has 0 aromatic carbocycles. The van der Waals surface area contributed by atoms with Gasteiger partial charge in [0.05, 0.1) is 17.2 Å². The van der Waals surface area contributed by atoms with Crippen LogP contribution in [-0.2, 0) is 6.54 Å². The van der Waals surface area contributed by atoms with E-state index in [0.717, 1.165) is 23.2 Å². The lowest BCUT2D eigenvalue weighted by Gasteiger charge is -2.03. The van der Waals surface area contributed by atoms with Gasteiger partial charge in [-0.25, -0.2) is 9.97 Å². The molecule has 0 radical (unpaired) electrons. The molecule has 2 aromatic heterocycles. The molecule has 1 N–H and O–H groups in total. The van der Waals surface area contributed by atoms with Crippen molar-refractivity contribution >= 4 is 17.3 Å². The Labute approximate surface area is 93.0 Å². The van der Waals surface area contributed by atoms with Crippen LogP contribution >= 0.6 is 11.3 Å². The molecule has 0 atom stereocenters. The van der Waals surface area contributed by atoms with E-state index in [1.165, 1.54) is 4.88 Å². The zero-order valence-electron chi connectivity index (χ0n) is 9.11. The molecule has 5 heteroatoms. The van der Waals surface area contributed by atoms with Crippen LogP contribution < -0.4 is 5.32 Å². The number of rotatable bonds is 3. The molecule has 80 valence electrons. The maximum absolute atomic E-state index is 4.37. The van der Waals surface area contributed by atoms with Crippen molar-refractivity contribution in [2.75, 3.05) is 12.4 Å². The van der Waals surface area contributed by atoms with Crippen molar-refractivity contribution in [3.8, 4) is 0 Å². The van der Waals surface area contributed by atoms with Gasteiger partial charge in [0.15, 0.2) is 0 Å². The average Bonchev–Trinajstić information content (AvgIpc) is 2.73. The summed E-state index contributed by atoms with van der Waals surface area (Å²) in [7, 11) is 1.89. The van der Waals surface area contributed by atoms with Crippen LogP contribution in [0.1, 0.15) is 15.6 Å². The molecule has 2 heterocycles. The van der Waals surface area contributed by atoms with Crippen LogP contribution in [0, 0.1) is 13.8 Å². The summed E-state index contributed by atoms with van der Waals surface area (Å²) in [5, 5.41) is 4.18. The monoisotopic (exact) mass is 222 g/mol. The summed E-state index contributed by atoms with van der Waals surface area (Å²) in [4.78, 5) is 9.86. The van der Waals surface area contributed by atoms with Gasteiger partial charge in [-0.2, -0.15) is 0 Å². The lowest BCUT2D eigenvalue weighted by Crippen LogP contribution is -2.02. The van der Waals surface area contributed by atoms with Gasteiger partial charge in [0, 0.05) is 24.3 Å². The van der Waals surface area contributed by atoms with Crippen molar-refractivity contribution in [2.45, 2.75) is 20.4 Å². The maximum atomic E-state index is 4.37. The molecule has 2 rings (SSSR count). The first-order valence-electron chi connectivity index (χ1n) is 4.82. The van der Waals surface area contributed by atoms with E-state index in [1.807, 2.05) is 33.3 Å². The molecular weight excluding hydrogens is 208 g/mol. The van der Waals surface area contributed by atoms with Crippen molar-refractivity contribution in [1.82, 2.24) is 14.5 Å². The largest absolute Gasteiger partial charge is 0.359 e. The van der Waals surface area contributed by atoms with Gasteiger partial charge in [-0.3, -0.25) is 0 Å². The number of thiazole rings is 1. The topological polar surface area (TPSA) is 42.7 Å². The van der Waals surface area contributed by atoms with E-state index < -0.39 is 0 Å². The average molecular weight is 222 g/mol. The second kappa shape index (κ2) is 4.02.